The molecular formula is C17H32N2. The van der Waals surface area contributed by atoms with Crippen molar-refractivity contribution < 1.29 is 0 Å². The molecule has 1 aliphatic heterocycles. The van der Waals surface area contributed by atoms with Gasteiger partial charge in [0.1, 0.15) is 0 Å². The van der Waals surface area contributed by atoms with Crippen molar-refractivity contribution in [2.24, 2.45) is 5.41 Å². The maximum atomic E-state index is 3.85. The van der Waals surface area contributed by atoms with Crippen LogP contribution in [0.5, 0.6) is 0 Å². The average molecular weight is 264 g/mol. The van der Waals surface area contributed by atoms with E-state index in [0.717, 1.165) is 12.6 Å². The predicted octanol–water partition coefficient (Wildman–Crippen LogP) is 3.59. The number of likely N-dealkylation sites (tertiary alicyclic amines) is 1. The van der Waals surface area contributed by atoms with Crippen molar-refractivity contribution in [3.8, 4) is 0 Å². The summed E-state index contributed by atoms with van der Waals surface area (Å²) in [5.41, 5.74) is 2.14. The maximum absolute atomic E-state index is 3.85. The van der Waals surface area contributed by atoms with E-state index in [1.807, 2.05) is 0 Å². The summed E-state index contributed by atoms with van der Waals surface area (Å²) in [5, 5.41) is 3.85. The first kappa shape index (κ1) is 15.1. The van der Waals surface area contributed by atoms with Gasteiger partial charge in [-0.3, -0.25) is 4.90 Å². The van der Waals surface area contributed by atoms with Gasteiger partial charge in [-0.15, -0.1) is 0 Å². The highest BCUT2D eigenvalue weighted by Crippen LogP contribution is 2.49. The Morgan fingerprint density at radius 1 is 1.26 bits per heavy atom. The van der Waals surface area contributed by atoms with Crippen molar-refractivity contribution in [1.82, 2.24) is 10.2 Å². The Labute approximate surface area is 119 Å². The number of rotatable bonds is 7. The lowest BCUT2D eigenvalue weighted by molar-refractivity contribution is 0.208. The zero-order valence-electron chi connectivity index (χ0n) is 13.2. The van der Waals surface area contributed by atoms with Crippen molar-refractivity contribution in [3.63, 3.8) is 0 Å². The Bertz CT molecular complexity index is 292. The molecule has 1 heterocycles. The fourth-order valence-corrected chi connectivity index (χ4v) is 3.21. The van der Waals surface area contributed by atoms with E-state index in [-0.39, 0.29) is 0 Å². The number of hydrogen-bond acceptors (Lipinski definition) is 2. The molecule has 2 nitrogen and oxygen atoms in total. The molecule has 1 N–H and O–H groups in total. The van der Waals surface area contributed by atoms with Gasteiger partial charge in [-0.25, -0.2) is 0 Å². The number of allylic oxidation sites excluding steroid dienone is 1. The molecule has 110 valence electrons. The van der Waals surface area contributed by atoms with E-state index < -0.39 is 0 Å². The molecule has 1 saturated heterocycles. The molecule has 0 spiro atoms. The SMILES string of the molecule is CCCC1(CNC2CCN(CC=C(C)C)CC2)CC1. The molecule has 0 aromatic heterocycles. The summed E-state index contributed by atoms with van der Waals surface area (Å²) < 4.78 is 0. The highest BCUT2D eigenvalue weighted by atomic mass is 15.1. The second-order valence-electron chi connectivity index (χ2n) is 6.99. The van der Waals surface area contributed by atoms with Crippen LogP contribution >= 0.6 is 0 Å². The summed E-state index contributed by atoms with van der Waals surface area (Å²) in [5.74, 6) is 0. The summed E-state index contributed by atoms with van der Waals surface area (Å²) in [7, 11) is 0. The van der Waals surface area contributed by atoms with E-state index in [4.69, 9.17) is 0 Å². The lowest BCUT2D eigenvalue weighted by Gasteiger charge is -2.32. The minimum Gasteiger partial charge on any atom is -0.313 e. The van der Waals surface area contributed by atoms with Gasteiger partial charge in [-0.2, -0.15) is 0 Å². The minimum absolute atomic E-state index is 0.702. The van der Waals surface area contributed by atoms with E-state index in [0.29, 0.717) is 5.41 Å². The summed E-state index contributed by atoms with van der Waals surface area (Å²) in [6, 6.07) is 0.775. The van der Waals surface area contributed by atoms with Crippen LogP contribution in [0.25, 0.3) is 0 Å². The lowest BCUT2D eigenvalue weighted by Crippen LogP contribution is -2.44. The zero-order valence-corrected chi connectivity index (χ0v) is 13.2. The van der Waals surface area contributed by atoms with Gasteiger partial charge in [-0.1, -0.05) is 25.0 Å². The highest BCUT2D eigenvalue weighted by molar-refractivity contribution is 4.97. The van der Waals surface area contributed by atoms with Crippen LogP contribution in [0.4, 0.5) is 0 Å². The highest BCUT2D eigenvalue weighted by Gasteiger charge is 2.41. The van der Waals surface area contributed by atoms with Crippen LogP contribution in [-0.2, 0) is 0 Å². The van der Waals surface area contributed by atoms with Crippen molar-refractivity contribution in [2.75, 3.05) is 26.2 Å². The summed E-state index contributed by atoms with van der Waals surface area (Å²) in [4.78, 5) is 2.59. The second kappa shape index (κ2) is 6.90. The first-order chi connectivity index (χ1) is 9.13. The Morgan fingerprint density at radius 3 is 2.47 bits per heavy atom. The number of nitrogens with one attached hydrogen (secondary N) is 1. The van der Waals surface area contributed by atoms with Gasteiger partial charge < -0.3 is 5.32 Å². The smallest absolute Gasteiger partial charge is 0.0165 e. The molecule has 0 radical (unpaired) electrons. The number of nitrogens with zero attached hydrogens (tertiary/aromatic N) is 1. The van der Waals surface area contributed by atoms with Gasteiger partial charge in [0.25, 0.3) is 0 Å². The molecule has 0 aromatic rings. The summed E-state index contributed by atoms with van der Waals surface area (Å²) in [6.45, 7) is 11.7. The molecule has 2 rings (SSSR count). The second-order valence-corrected chi connectivity index (χ2v) is 6.99. The minimum atomic E-state index is 0.702. The first-order valence-corrected chi connectivity index (χ1v) is 8.23. The molecule has 0 amide bonds. The van der Waals surface area contributed by atoms with E-state index >= 15 is 0 Å². The Kier molecular flexibility index (Phi) is 5.47. The Hall–Kier alpha value is -0.340. The molecular weight excluding hydrogens is 232 g/mol. The van der Waals surface area contributed by atoms with Gasteiger partial charge in [0, 0.05) is 19.1 Å². The van der Waals surface area contributed by atoms with Crippen LogP contribution in [-0.4, -0.2) is 37.1 Å². The van der Waals surface area contributed by atoms with Gasteiger partial charge in [-0.05, 0) is 64.5 Å². The van der Waals surface area contributed by atoms with Crippen LogP contribution in [0.1, 0.15) is 59.3 Å². The third-order valence-electron chi connectivity index (χ3n) is 4.85. The molecule has 2 aliphatic rings. The fraction of sp³-hybridized carbons (Fsp3) is 0.882. The first-order valence-electron chi connectivity index (χ1n) is 8.23. The van der Waals surface area contributed by atoms with E-state index in [2.05, 4.69) is 37.1 Å². The third-order valence-corrected chi connectivity index (χ3v) is 4.85. The monoisotopic (exact) mass is 264 g/mol. The standard InChI is InChI=1S/C17H32N2/c1-4-8-17(9-10-17)14-18-16-6-12-19(13-7-16)11-5-15(2)3/h5,16,18H,4,6-14H2,1-3H3. The fourth-order valence-electron chi connectivity index (χ4n) is 3.21. The third kappa shape index (κ3) is 4.92. The molecule has 0 atom stereocenters. The van der Waals surface area contributed by atoms with Crippen LogP contribution in [0.15, 0.2) is 11.6 Å². The largest absolute Gasteiger partial charge is 0.313 e. The zero-order chi connectivity index (χ0) is 13.7. The molecule has 19 heavy (non-hydrogen) atoms. The van der Waals surface area contributed by atoms with E-state index in [1.165, 1.54) is 63.7 Å². The Balaban J connectivity index is 1.62. The van der Waals surface area contributed by atoms with Crippen LogP contribution < -0.4 is 5.32 Å². The topological polar surface area (TPSA) is 15.3 Å². The van der Waals surface area contributed by atoms with Crippen LogP contribution in [0.3, 0.4) is 0 Å². The summed E-state index contributed by atoms with van der Waals surface area (Å²) >= 11 is 0. The van der Waals surface area contributed by atoms with E-state index in [1.54, 1.807) is 0 Å². The molecule has 0 aromatic carbocycles. The van der Waals surface area contributed by atoms with Crippen molar-refractivity contribution >= 4 is 0 Å². The van der Waals surface area contributed by atoms with Crippen molar-refractivity contribution in [2.45, 2.75) is 65.3 Å². The lowest BCUT2D eigenvalue weighted by atomic mass is 9.98. The van der Waals surface area contributed by atoms with Gasteiger partial charge >= 0.3 is 0 Å². The van der Waals surface area contributed by atoms with Gasteiger partial charge in [0.15, 0.2) is 0 Å². The summed E-state index contributed by atoms with van der Waals surface area (Å²) in [6.07, 6.45) is 10.7. The van der Waals surface area contributed by atoms with Crippen LogP contribution in [0, 0.1) is 5.41 Å². The van der Waals surface area contributed by atoms with Gasteiger partial charge in [0.05, 0.1) is 0 Å². The van der Waals surface area contributed by atoms with E-state index in [9.17, 15) is 0 Å². The predicted molar refractivity (Wildman–Crippen MR) is 83.5 cm³/mol. The average Bonchev–Trinajstić information content (AvgIpc) is 3.16. The van der Waals surface area contributed by atoms with Crippen LogP contribution in [0.2, 0.25) is 0 Å². The molecule has 1 aliphatic carbocycles. The molecule has 2 fully saturated rings. The molecule has 0 unspecified atom stereocenters. The van der Waals surface area contributed by atoms with Gasteiger partial charge in [0.2, 0.25) is 0 Å². The van der Waals surface area contributed by atoms with Crippen molar-refractivity contribution in [3.05, 3.63) is 11.6 Å². The maximum Gasteiger partial charge on any atom is 0.0165 e. The molecule has 1 saturated carbocycles. The number of hydrogen-bond donors (Lipinski definition) is 1. The van der Waals surface area contributed by atoms with Crippen molar-refractivity contribution in [1.29, 1.82) is 0 Å². The number of piperidine rings is 1. The Morgan fingerprint density at radius 2 is 1.95 bits per heavy atom. The molecule has 2 heteroatoms. The molecule has 0 bridgehead atoms. The normalized spacial score (nSPS) is 23.3. The quantitative estimate of drug-likeness (QED) is 0.707.